The van der Waals surface area contributed by atoms with Crippen LogP contribution in [0, 0.1) is 0 Å². The molecule has 4 heteroatoms. The second-order valence-corrected chi connectivity index (χ2v) is 2.07. The minimum atomic E-state index is -0.424. The zero-order chi connectivity index (χ0) is 8.85. The highest BCUT2D eigenvalue weighted by atomic mass is 16.5. The first-order valence-electron chi connectivity index (χ1n) is 3.11. The van der Waals surface area contributed by atoms with Crippen LogP contribution in [0.5, 0.6) is 0 Å². The molecule has 0 aromatic carbocycles. The topological polar surface area (TPSA) is 55.4 Å². The fraction of sp³-hybridized carbons (Fsp3) is 0.429. The van der Waals surface area contributed by atoms with Crippen LogP contribution in [0.4, 0.5) is 0 Å². The van der Waals surface area contributed by atoms with E-state index in [-0.39, 0.29) is 12.6 Å². The molecule has 0 atom stereocenters. The van der Waals surface area contributed by atoms with Gasteiger partial charge in [0.05, 0.1) is 0 Å². The Morgan fingerprint density at radius 3 is 2.36 bits per heavy atom. The van der Waals surface area contributed by atoms with E-state index in [4.69, 9.17) is 0 Å². The van der Waals surface area contributed by atoms with Crippen molar-refractivity contribution in [3.63, 3.8) is 0 Å². The van der Waals surface area contributed by atoms with Crippen LogP contribution < -0.4 is 5.32 Å². The zero-order valence-corrected chi connectivity index (χ0v) is 6.64. The predicted octanol–water partition coefficient (Wildman–Crippen LogP) is 0.199. The van der Waals surface area contributed by atoms with Crippen LogP contribution in [0.3, 0.4) is 0 Å². The molecule has 0 saturated heterocycles. The summed E-state index contributed by atoms with van der Waals surface area (Å²) in [4.78, 5) is 20.9. The van der Waals surface area contributed by atoms with Gasteiger partial charge in [0.15, 0.2) is 6.73 Å². The number of esters is 1. The van der Waals surface area contributed by atoms with Gasteiger partial charge in [0.1, 0.15) is 0 Å². The minimum absolute atomic E-state index is 0.0962. The molecule has 0 heterocycles. The third-order valence-corrected chi connectivity index (χ3v) is 0.896. The van der Waals surface area contributed by atoms with Gasteiger partial charge < -0.3 is 10.1 Å². The van der Waals surface area contributed by atoms with Crippen molar-refractivity contribution < 1.29 is 14.3 Å². The standard InChI is InChI=1S/C7H11NO3/c1-5(2)7(10)8-4-11-6(3)9/h1,4H2,2-3H3,(H,8,10). The van der Waals surface area contributed by atoms with E-state index in [1.54, 1.807) is 6.92 Å². The van der Waals surface area contributed by atoms with Crippen molar-refractivity contribution in [2.24, 2.45) is 0 Å². The van der Waals surface area contributed by atoms with E-state index in [0.717, 1.165) is 0 Å². The van der Waals surface area contributed by atoms with Crippen LogP contribution >= 0.6 is 0 Å². The number of amides is 1. The lowest BCUT2D eigenvalue weighted by molar-refractivity contribution is -0.142. The molecule has 0 aliphatic heterocycles. The second-order valence-electron chi connectivity index (χ2n) is 2.07. The molecular formula is C7H11NO3. The molecule has 0 aromatic rings. The molecule has 0 aliphatic rings. The summed E-state index contributed by atoms with van der Waals surface area (Å²) in [6, 6.07) is 0. The summed E-state index contributed by atoms with van der Waals surface area (Å²) in [6.45, 7) is 6.15. The SMILES string of the molecule is C=C(C)C(=O)NCOC(C)=O. The molecule has 0 aliphatic carbocycles. The van der Waals surface area contributed by atoms with E-state index in [1.165, 1.54) is 6.92 Å². The molecule has 11 heavy (non-hydrogen) atoms. The molecule has 4 nitrogen and oxygen atoms in total. The van der Waals surface area contributed by atoms with Crippen molar-refractivity contribution in [1.29, 1.82) is 0 Å². The van der Waals surface area contributed by atoms with Gasteiger partial charge in [-0.3, -0.25) is 9.59 Å². The Bertz CT molecular complexity index is 186. The highest BCUT2D eigenvalue weighted by Crippen LogP contribution is 1.84. The Balaban J connectivity index is 3.47. The van der Waals surface area contributed by atoms with Gasteiger partial charge >= 0.3 is 5.97 Å². The quantitative estimate of drug-likeness (QED) is 0.361. The highest BCUT2D eigenvalue weighted by molar-refractivity contribution is 5.92. The summed E-state index contributed by atoms with van der Waals surface area (Å²) in [6.07, 6.45) is 0. The molecule has 0 spiro atoms. The lowest BCUT2D eigenvalue weighted by Gasteiger charge is -2.03. The van der Waals surface area contributed by atoms with E-state index < -0.39 is 5.97 Å². The molecule has 0 rings (SSSR count). The van der Waals surface area contributed by atoms with Crippen molar-refractivity contribution in [3.8, 4) is 0 Å². The monoisotopic (exact) mass is 157 g/mol. The molecule has 1 amide bonds. The Labute approximate surface area is 65.2 Å². The summed E-state index contributed by atoms with van der Waals surface area (Å²) >= 11 is 0. The van der Waals surface area contributed by atoms with Crippen LogP contribution in [0.2, 0.25) is 0 Å². The van der Waals surface area contributed by atoms with E-state index in [0.29, 0.717) is 5.57 Å². The van der Waals surface area contributed by atoms with Crippen molar-refractivity contribution in [3.05, 3.63) is 12.2 Å². The molecule has 1 N–H and O–H groups in total. The fourth-order valence-corrected chi connectivity index (χ4v) is 0.354. The van der Waals surface area contributed by atoms with E-state index in [1.807, 2.05) is 0 Å². The van der Waals surface area contributed by atoms with Gasteiger partial charge in [-0.25, -0.2) is 0 Å². The smallest absolute Gasteiger partial charge is 0.304 e. The van der Waals surface area contributed by atoms with Gasteiger partial charge in [-0.1, -0.05) is 6.58 Å². The van der Waals surface area contributed by atoms with Crippen LogP contribution in [-0.4, -0.2) is 18.6 Å². The van der Waals surface area contributed by atoms with Crippen molar-refractivity contribution in [2.75, 3.05) is 6.73 Å². The molecular weight excluding hydrogens is 146 g/mol. The number of carbonyl (C=O) groups is 2. The lowest BCUT2D eigenvalue weighted by Crippen LogP contribution is -2.27. The average molecular weight is 157 g/mol. The third-order valence-electron chi connectivity index (χ3n) is 0.896. The highest BCUT2D eigenvalue weighted by Gasteiger charge is 1.99. The van der Waals surface area contributed by atoms with Crippen LogP contribution in [-0.2, 0) is 14.3 Å². The van der Waals surface area contributed by atoms with Gasteiger partial charge in [0.25, 0.3) is 0 Å². The molecule has 0 unspecified atom stereocenters. The second kappa shape index (κ2) is 4.49. The summed E-state index contributed by atoms with van der Waals surface area (Å²) in [5.74, 6) is -0.738. The van der Waals surface area contributed by atoms with Gasteiger partial charge in [-0.15, -0.1) is 0 Å². The maximum Gasteiger partial charge on any atom is 0.304 e. The van der Waals surface area contributed by atoms with Crippen LogP contribution in [0.15, 0.2) is 12.2 Å². The summed E-state index contributed by atoms with van der Waals surface area (Å²) in [5.41, 5.74) is 0.386. The third kappa shape index (κ3) is 5.14. The average Bonchev–Trinajstić information content (AvgIpc) is 1.86. The molecule has 0 bridgehead atoms. The van der Waals surface area contributed by atoms with Gasteiger partial charge in [0, 0.05) is 12.5 Å². The number of carbonyl (C=O) groups excluding carboxylic acids is 2. The fourth-order valence-electron chi connectivity index (χ4n) is 0.354. The number of hydrogen-bond acceptors (Lipinski definition) is 3. The Hall–Kier alpha value is -1.32. The number of ether oxygens (including phenoxy) is 1. The van der Waals surface area contributed by atoms with E-state index >= 15 is 0 Å². The van der Waals surface area contributed by atoms with Crippen LogP contribution in [0.25, 0.3) is 0 Å². The van der Waals surface area contributed by atoms with Gasteiger partial charge in [0.2, 0.25) is 5.91 Å². The molecule has 0 fully saturated rings. The molecule has 0 aromatic heterocycles. The maximum atomic E-state index is 10.7. The number of hydrogen-bond donors (Lipinski definition) is 1. The van der Waals surface area contributed by atoms with Crippen LogP contribution in [0.1, 0.15) is 13.8 Å². The summed E-state index contributed by atoms with van der Waals surface area (Å²) in [5, 5.41) is 2.33. The molecule has 62 valence electrons. The molecule has 0 radical (unpaired) electrons. The maximum absolute atomic E-state index is 10.7. The Morgan fingerprint density at radius 1 is 1.45 bits per heavy atom. The van der Waals surface area contributed by atoms with Crippen molar-refractivity contribution in [1.82, 2.24) is 5.32 Å². The zero-order valence-electron chi connectivity index (χ0n) is 6.64. The number of rotatable bonds is 3. The normalized spacial score (nSPS) is 8.55. The van der Waals surface area contributed by atoms with Crippen molar-refractivity contribution >= 4 is 11.9 Å². The lowest BCUT2D eigenvalue weighted by atomic mass is 10.3. The van der Waals surface area contributed by atoms with E-state index in [2.05, 4.69) is 16.6 Å². The largest absolute Gasteiger partial charge is 0.445 e. The first-order valence-corrected chi connectivity index (χ1v) is 3.11. The first-order chi connectivity index (χ1) is 5.04. The van der Waals surface area contributed by atoms with Crippen molar-refractivity contribution in [2.45, 2.75) is 13.8 Å². The van der Waals surface area contributed by atoms with Gasteiger partial charge in [-0.05, 0) is 6.92 Å². The minimum Gasteiger partial charge on any atom is -0.445 e. The predicted molar refractivity (Wildman–Crippen MR) is 39.6 cm³/mol. The summed E-state index contributed by atoms with van der Waals surface area (Å²) in [7, 11) is 0. The number of nitrogens with one attached hydrogen (secondary N) is 1. The Morgan fingerprint density at radius 2 is 2.00 bits per heavy atom. The van der Waals surface area contributed by atoms with E-state index in [9.17, 15) is 9.59 Å². The Kier molecular flexibility index (Phi) is 3.95. The summed E-state index contributed by atoms with van der Waals surface area (Å²) < 4.78 is 4.45. The van der Waals surface area contributed by atoms with Gasteiger partial charge in [-0.2, -0.15) is 0 Å². The molecule has 0 saturated carbocycles. The first kappa shape index (κ1) is 9.68.